The molecule has 94 valence electrons. The van der Waals surface area contributed by atoms with Crippen LogP contribution < -0.4 is 5.32 Å². The van der Waals surface area contributed by atoms with Crippen LogP contribution in [0.3, 0.4) is 0 Å². The number of nitrogens with one attached hydrogen (secondary N) is 1. The summed E-state index contributed by atoms with van der Waals surface area (Å²) < 4.78 is 13.0. The van der Waals surface area contributed by atoms with Crippen molar-refractivity contribution < 1.29 is 9.18 Å². The van der Waals surface area contributed by atoms with Crippen LogP contribution in [0.2, 0.25) is 0 Å². The topological polar surface area (TPSA) is 32.3 Å². The maximum absolute atomic E-state index is 13.0. The lowest BCUT2D eigenvalue weighted by molar-refractivity contribution is -0.136. The van der Waals surface area contributed by atoms with Crippen LogP contribution in [0, 0.1) is 0 Å². The van der Waals surface area contributed by atoms with Crippen LogP contribution in [0.15, 0.2) is 0 Å². The first kappa shape index (κ1) is 13.7. The number of piperidine rings is 1. The first-order valence-corrected chi connectivity index (χ1v) is 5.86. The van der Waals surface area contributed by atoms with Gasteiger partial charge in [0, 0.05) is 25.6 Å². The number of alkyl halides is 1. The zero-order chi connectivity index (χ0) is 10.8. The third-order valence-electron chi connectivity index (χ3n) is 3.46. The van der Waals surface area contributed by atoms with Gasteiger partial charge in [-0.3, -0.25) is 4.79 Å². The molecule has 0 saturated carbocycles. The zero-order valence-electron chi connectivity index (χ0n) is 9.62. The van der Waals surface area contributed by atoms with Crippen molar-refractivity contribution in [3.05, 3.63) is 0 Å². The van der Waals surface area contributed by atoms with E-state index in [1.54, 1.807) is 0 Å². The summed E-state index contributed by atoms with van der Waals surface area (Å²) in [6, 6.07) is 0.0484. The number of rotatable bonds is 1. The Kier molecular flexibility index (Phi) is 4.99. The number of hydrogen-bond donors (Lipinski definition) is 1. The normalized spacial score (nSPS) is 34.6. The number of likely N-dealkylation sites (tertiary alicyclic amines) is 1. The molecule has 0 spiro atoms. The van der Waals surface area contributed by atoms with Gasteiger partial charge in [0.2, 0.25) is 5.91 Å². The molecule has 2 aliphatic heterocycles. The minimum Gasteiger partial charge on any atom is -0.339 e. The third kappa shape index (κ3) is 2.86. The van der Waals surface area contributed by atoms with E-state index in [0.717, 1.165) is 19.4 Å². The maximum Gasteiger partial charge on any atom is 0.240 e. The van der Waals surface area contributed by atoms with Gasteiger partial charge in [0.15, 0.2) is 0 Å². The molecule has 0 aromatic rings. The zero-order valence-corrected chi connectivity index (χ0v) is 10.4. The predicted molar refractivity (Wildman–Crippen MR) is 63.6 cm³/mol. The first-order valence-electron chi connectivity index (χ1n) is 5.86. The van der Waals surface area contributed by atoms with Gasteiger partial charge < -0.3 is 10.2 Å². The largest absolute Gasteiger partial charge is 0.339 e. The molecule has 0 radical (unpaired) electrons. The van der Waals surface area contributed by atoms with E-state index >= 15 is 0 Å². The fraction of sp³-hybridized carbons (Fsp3) is 0.909. The predicted octanol–water partition coefficient (Wildman–Crippen LogP) is 1.51. The second-order valence-electron chi connectivity index (χ2n) is 4.67. The number of hydrogen-bond acceptors (Lipinski definition) is 2. The Bertz CT molecular complexity index is 252. The van der Waals surface area contributed by atoms with Gasteiger partial charge in [-0.25, -0.2) is 4.39 Å². The van der Waals surface area contributed by atoms with Crippen LogP contribution in [0.4, 0.5) is 4.39 Å². The van der Waals surface area contributed by atoms with Gasteiger partial charge in [0.1, 0.15) is 6.17 Å². The molecule has 5 heteroatoms. The van der Waals surface area contributed by atoms with Crippen LogP contribution in [0.1, 0.15) is 32.6 Å². The summed E-state index contributed by atoms with van der Waals surface area (Å²) in [7, 11) is 0. The summed E-state index contributed by atoms with van der Waals surface area (Å²) in [4.78, 5) is 14.0. The second-order valence-corrected chi connectivity index (χ2v) is 4.67. The molecule has 1 amide bonds. The highest BCUT2D eigenvalue weighted by molar-refractivity contribution is 5.85. The molecule has 0 aromatic heterocycles. The van der Waals surface area contributed by atoms with E-state index in [4.69, 9.17) is 0 Å². The highest BCUT2D eigenvalue weighted by Gasteiger charge is 2.34. The molecule has 0 bridgehead atoms. The van der Waals surface area contributed by atoms with Crippen molar-refractivity contribution in [3.63, 3.8) is 0 Å². The molecule has 3 nitrogen and oxygen atoms in total. The Morgan fingerprint density at radius 1 is 1.44 bits per heavy atom. The van der Waals surface area contributed by atoms with Crippen molar-refractivity contribution in [2.45, 2.75) is 50.9 Å². The van der Waals surface area contributed by atoms with E-state index < -0.39 is 6.17 Å². The van der Waals surface area contributed by atoms with Crippen molar-refractivity contribution in [1.82, 2.24) is 10.2 Å². The number of halogens is 2. The van der Waals surface area contributed by atoms with E-state index in [1.807, 2.05) is 4.90 Å². The Morgan fingerprint density at radius 3 is 2.75 bits per heavy atom. The summed E-state index contributed by atoms with van der Waals surface area (Å²) in [5, 5.41) is 2.96. The molecular weight excluding hydrogens is 231 g/mol. The fourth-order valence-corrected chi connectivity index (χ4v) is 2.51. The summed E-state index contributed by atoms with van der Waals surface area (Å²) in [6.45, 7) is 3.26. The van der Waals surface area contributed by atoms with Crippen molar-refractivity contribution in [1.29, 1.82) is 0 Å². The van der Waals surface area contributed by atoms with Gasteiger partial charge in [-0.15, -0.1) is 12.4 Å². The first-order chi connectivity index (χ1) is 7.18. The summed E-state index contributed by atoms with van der Waals surface area (Å²) in [5.74, 6) is 0.0994. The minimum atomic E-state index is -0.848. The van der Waals surface area contributed by atoms with Gasteiger partial charge in [-0.05, 0) is 26.2 Å². The lowest BCUT2D eigenvalue weighted by Crippen LogP contribution is -2.49. The van der Waals surface area contributed by atoms with Gasteiger partial charge in [-0.1, -0.05) is 0 Å². The highest BCUT2D eigenvalue weighted by atomic mass is 35.5. The standard InChI is InChI=1S/C11H19FN2O.ClH/c1-8-4-2-3-5-14(8)11(15)10-6-9(12)7-13-10;/h8-10,13H,2-7H2,1H3;1H/t8?,9-,10+;/m0./s1. The Hall–Kier alpha value is -0.350. The maximum atomic E-state index is 13.0. The molecule has 2 rings (SSSR count). The monoisotopic (exact) mass is 250 g/mol. The molecule has 3 atom stereocenters. The summed E-state index contributed by atoms with van der Waals surface area (Å²) in [5.41, 5.74) is 0. The van der Waals surface area contributed by atoms with E-state index in [-0.39, 0.29) is 24.4 Å². The van der Waals surface area contributed by atoms with Crippen LogP contribution in [0.25, 0.3) is 0 Å². The lowest BCUT2D eigenvalue weighted by atomic mass is 10.0. The van der Waals surface area contributed by atoms with E-state index in [9.17, 15) is 9.18 Å². The molecule has 0 aromatic carbocycles. The highest BCUT2D eigenvalue weighted by Crippen LogP contribution is 2.20. The second kappa shape index (κ2) is 5.82. The molecule has 2 fully saturated rings. The minimum absolute atomic E-state index is 0. The third-order valence-corrected chi connectivity index (χ3v) is 3.46. The van der Waals surface area contributed by atoms with Crippen molar-refractivity contribution in [3.8, 4) is 0 Å². The van der Waals surface area contributed by atoms with Gasteiger partial charge in [-0.2, -0.15) is 0 Å². The molecule has 2 heterocycles. The van der Waals surface area contributed by atoms with E-state index in [2.05, 4.69) is 12.2 Å². The molecule has 2 saturated heterocycles. The molecule has 16 heavy (non-hydrogen) atoms. The lowest BCUT2D eigenvalue weighted by Gasteiger charge is -2.35. The van der Waals surface area contributed by atoms with Crippen molar-refractivity contribution in [2.75, 3.05) is 13.1 Å². The average molecular weight is 251 g/mol. The molecule has 0 aliphatic carbocycles. The number of amides is 1. The smallest absolute Gasteiger partial charge is 0.240 e. The Balaban J connectivity index is 0.00000128. The van der Waals surface area contributed by atoms with Gasteiger partial charge in [0.05, 0.1) is 6.04 Å². The molecular formula is C11H20ClFN2O. The van der Waals surface area contributed by atoms with Crippen molar-refractivity contribution >= 4 is 18.3 Å². The van der Waals surface area contributed by atoms with Crippen LogP contribution in [0.5, 0.6) is 0 Å². The molecule has 1 unspecified atom stereocenters. The quantitative estimate of drug-likeness (QED) is 0.765. The Labute approximate surface area is 102 Å². The van der Waals surface area contributed by atoms with Crippen LogP contribution in [-0.2, 0) is 4.79 Å². The Morgan fingerprint density at radius 2 is 2.19 bits per heavy atom. The van der Waals surface area contributed by atoms with Crippen LogP contribution in [-0.4, -0.2) is 42.2 Å². The summed E-state index contributed by atoms with van der Waals surface area (Å²) in [6.07, 6.45) is 2.87. The van der Waals surface area contributed by atoms with Crippen molar-refractivity contribution in [2.24, 2.45) is 0 Å². The van der Waals surface area contributed by atoms with E-state index in [0.29, 0.717) is 19.0 Å². The number of carbonyl (C=O) groups is 1. The average Bonchev–Trinajstić information content (AvgIpc) is 2.65. The van der Waals surface area contributed by atoms with Crippen LogP contribution >= 0.6 is 12.4 Å². The molecule has 1 N–H and O–H groups in total. The number of nitrogens with zero attached hydrogens (tertiary/aromatic N) is 1. The van der Waals surface area contributed by atoms with E-state index in [1.165, 1.54) is 6.42 Å². The summed E-state index contributed by atoms with van der Waals surface area (Å²) >= 11 is 0. The molecule has 2 aliphatic rings. The van der Waals surface area contributed by atoms with Gasteiger partial charge in [0.25, 0.3) is 0 Å². The SMILES string of the molecule is CC1CCCCN1C(=O)[C@H]1C[C@H](F)CN1.Cl. The number of carbonyl (C=O) groups excluding carboxylic acids is 1. The fourth-order valence-electron chi connectivity index (χ4n) is 2.51. The van der Waals surface area contributed by atoms with Gasteiger partial charge >= 0.3 is 0 Å².